The lowest BCUT2D eigenvalue weighted by atomic mass is 9.99. The van der Waals surface area contributed by atoms with E-state index in [2.05, 4.69) is 6.92 Å². The van der Waals surface area contributed by atoms with Crippen LogP contribution in [0.5, 0.6) is 5.75 Å². The number of ether oxygens (including phenoxy) is 1. The number of piperidine rings is 1. The van der Waals surface area contributed by atoms with Crippen molar-refractivity contribution in [2.45, 2.75) is 26.7 Å². The molecule has 1 heterocycles. The van der Waals surface area contributed by atoms with E-state index in [1.165, 1.54) is 5.56 Å². The summed E-state index contributed by atoms with van der Waals surface area (Å²) in [5, 5.41) is 0. The molecule has 1 amide bonds. The van der Waals surface area contributed by atoms with Crippen molar-refractivity contribution >= 4 is 5.91 Å². The summed E-state index contributed by atoms with van der Waals surface area (Å²) in [5.74, 6) is 1.61. The fraction of sp³-hybridized carbons (Fsp3) is 0.533. The number of rotatable bonds is 3. The Morgan fingerprint density at radius 1 is 1.28 bits per heavy atom. The first kappa shape index (κ1) is 12.9. The highest BCUT2D eigenvalue weighted by Gasteiger charge is 2.20. The molecule has 3 heteroatoms. The lowest BCUT2D eigenvalue weighted by molar-refractivity contribution is -0.134. The van der Waals surface area contributed by atoms with Crippen LogP contribution in [0.3, 0.4) is 0 Å². The van der Waals surface area contributed by atoms with Crippen molar-refractivity contribution in [1.29, 1.82) is 0 Å². The van der Waals surface area contributed by atoms with Crippen molar-refractivity contribution < 1.29 is 9.53 Å². The van der Waals surface area contributed by atoms with Crippen LogP contribution in [0.4, 0.5) is 0 Å². The summed E-state index contributed by atoms with van der Waals surface area (Å²) in [6.07, 6.45) is 2.21. The van der Waals surface area contributed by atoms with Gasteiger partial charge in [-0.15, -0.1) is 0 Å². The Kier molecular flexibility index (Phi) is 4.24. The number of hydrogen-bond acceptors (Lipinski definition) is 2. The van der Waals surface area contributed by atoms with Gasteiger partial charge < -0.3 is 9.64 Å². The minimum Gasteiger partial charge on any atom is -0.484 e. The van der Waals surface area contributed by atoms with E-state index in [0.29, 0.717) is 0 Å². The predicted octanol–water partition coefficient (Wildman–Crippen LogP) is 2.63. The molecule has 1 aliphatic rings. The second-order valence-corrected chi connectivity index (χ2v) is 5.17. The van der Waals surface area contributed by atoms with Crippen molar-refractivity contribution in [2.24, 2.45) is 5.92 Å². The SMILES string of the molecule is Cc1ccc(OCC(=O)N2CCC(C)CC2)cc1. The van der Waals surface area contributed by atoms with Gasteiger partial charge in [0, 0.05) is 13.1 Å². The Morgan fingerprint density at radius 3 is 2.50 bits per heavy atom. The molecule has 1 aromatic carbocycles. The Hall–Kier alpha value is -1.51. The molecule has 0 N–H and O–H groups in total. The number of carbonyl (C=O) groups excluding carboxylic acids is 1. The first-order valence-corrected chi connectivity index (χ1v) is 6.62. The number of benzene rings is 1. The lowest BCUT2D eigenvalue weighted by Gasteiger charge is -2.30. The summed E-state index contributed by atoms with van der Waals surface area (Å²) in [7, 11) is 0. The smallest absolute Gasteiger partial charge is 0.260 e. The number of amides is 1. The fourth-order valence-electron chi connectivity index (χ4n) is 2.13. The molecule has 0 bridgehead atoms. The molecule has 98 valence electrons. The number of likely N-dealkylation sites (tertiary alicyclic amines) is 1. The standard InChI is InChI=1S/C15H21NO2/c1-12-3-5-14(6-4-12)18-11-15(17)16-9-7-13(2)8-10-16/h3-6,13H,7-11H2,1-2H3. The first-order chi connectivity index (χ1) is 8.65. The molecule has 1 saturated heterocycles. The van der Waals surface area contributed by atoms with Gasteiger partial charge >= 0.3 is 0 Å². The van der Waals surface area contributed by atoms with Gasteiger partial charge in [0.25, 0.3) is 5.91 Å². The molecule has 1 aromatic rings. The molecule has 0 radical (unpaired) electrons. The Labute approximate surface area is 109 Å². The molecule has 1 aliphatic heterocycles. The zero-order valence-electron chi connectivity index (χ0n) is 11.2. The van der Waals surface area contributed by atoms with E-state index >= 15 is 0 Å². The van der Waals surface area contributed by atoms with E-state index in [0.717, 1.165) is 37.6 Å². The van der Waals surface area contributed by atoms with E-state index in [1.54, 1.807) is 0 Å². The number of nitrogens with zero attached hydrogens (tertiary/aromatic N) is 1. The third-order valence-electron chi connectivity index (χ3n) is 3.52. The molecule has 0 spiro atoms. The van der Waals surface area contributed by atoms with Crippen LogP contribution in [-0.4, -0.2) is 30.5 Å². The number of aryl methyl sites for hydroxylation is 1. The first-order valence-electron chi connectivity index (χ1n) is 6.62. The van der Waals surface area contributed by atoms with Gasteiger partial charge in [-0.1, -0.05) is 24.6 Å². The molecular weight excluding hydrogens is 226 g/mol. The predicted molar refractivity (Wildman–Crippen MR) is 71.7 cm³/mol. The van der Waals surface area contributed by atoms with E-state index in [9.17, 15) is 4.79 Å². The molecule has 0 aromatic heterocycles. The van der Waals surface area contributed by atoms with Crippen LogP contribution in [0.15, 0.2) is 24.3 Å². The second kappa shape index (κ2) is 5.89. The monoisotopic (exact) mass is 247 g/mol. The van der Waals surface area contributed by atoms with E-state index < -0.39 is 0 Å². The van der Waals surface area contributed by atoms with E-state index in [1.807, 2.05) is 36.1 Å². The molecule has 0 unspecified atom stereocenters. The van der Waals surface area contributed by atoms with Crippen molar-refractivity contribution in [2.75, 3.05) is 19.7 Å². The lowest BCUT2D eigenvalue weighted by Crippen LogP contribution is -2.40. The molecule has 2 rings (SSSR count). The average molecular weight is 247 g/mol. The summed E-state index contributed by atoms with van der Waals surface area (Å²) in [6.45, 7) is 6.17. The second-order valence-electron chi connectivity index (χ2n) is 5.17. The third-order valence-corrected chi connectivity index (χ3v) is 3.52. The van der Waals surface area contributed by atoms with Crippen LogP contribution >= 0.6 is 0 Å². The topological polar surface area (TPSA) is 29.5 Å². The summed E-state index contributed by atoms with van der Waals surface area (Å²) in [5.41, 5.74) is 1.19. The Bertz CT molecular complexity index is 391. The van der Waals surface area contributed by atoms with Gasteiger partial charge in [-0.05, 0) is 37.8 Å². The molecule has 18 heavy (non-hydrogen) atoms. The summed E-state index contributed by atoms with van der Waals surface area (Å²) in [4.78, 5) is 13.9. The maximum Gasteiger partial charge on any atom is 0.260 e. The number of carbonyl (C=O) groups is 1. The van der Waals surface area contributed by atoms with Gasteiger partial charge in [-0.2, -0.15) is 0 Å². The van der Waals surface area contributed by atoms with Crippen molar-refractivity contribution in [1.82, 2.24) is 4.90 Å². The van der Waals surface area contributed by atoms with Crippen LogP contribution in [-0.2, 0) is 4.79 Å². The minimum absolute atomic E-state index is 0.0995. The van der Waals surface area contributed by atoms with E-state index in [-0.39, 0.29) is 12.5 Å². The maximum atomic E-state index is 11.9. The van der Waals surface area contributed by atoms with Crippen LogP contribution in [0.2, 0.25) is 0 Å². The van der Waals surface area contributed by atoms with Crippen molar-refractivity contribution in [3.05, 3.63) is 29.8 Å². The van der Waals surface area contributed by atoms with Crippen LogP contribution in [0.25, 0.3) is 0 Å². The molecule has 1 fully saturated rings. The van der Waals surface area contributed by atoms with Crippen molar-refractivity contribution in [3.8, 4) is 5.75 Å². The Balaban J connectivity index is 1.79. The Morgan fingerprint density at radius 2 is 1.89 bits per heavy atom. The van der Waals surface area contributed by atoms with Crippen LogP contribution in [0.1, 0.15) is 25.3 Å². The highest BCUT2D eigenvalue weighted by molar-refractivity contribution is 5.77. The summed E-state index contributed by atoms with van der Waals surface area (Å²) in [6, 6.07) is 7.78. The molecule has 0 aliphatic carbocycles. The highest BCUT2D eigenvalue weighted by atomic mass is 16.5. The quantitative estimate of drug-likeness (QED) is 0.821. The van der Waals surface area contributed by atoms with Crippen LogP contribution < -0.4 is 4.74 Å². The van der Waals surface area contributed by atoms with E-state index in [4.69, 9.17) is 4.74 Å². The largest absolute Gasteiger partial charge is 0.484 e. The summed E-state index contributed by atoms with van der Waals surface area (Å²) >= 11 is 0. The average Bonchev–Trinajstić information content (AvgIpc) is 2.38. The van der Waals surface area contributed by atoms with Gasteiger partial charge in [-0.3, -0.25) is 4.79 Å². The number of hydrogen-bond donors (Lipinski definition) is 0. The summed E-state index contributed by atoms with van der Waals surface area (Å²) < 4.78 is 5.51. The van der Waals surface area contributed by atoms with Crippen molar-refractivity contribution in [3.63, 3.8) is 0 Å². The maximum absolute atomic E-state index is 11.9. The fourth-order valence-corrected chi connectivity index (χ4v) is 2.13. The molecule has 0 saturated carbocycles. The zero-order valence-corrected chi connectivity index (χ0v) is 11.2. The highest BCUT2D eigenvalue weighted by Crippen LogP contribution is 2.16. The third kappa shape index (κ3) is 3.49. The molecule has 0 atom stereocenters. The van der Waals surface area contributed by atoms with Gasteiger partial charge in [0.2, 0.25) is 0 Å². The van der Waals surface area contributed by atoms with Crippen LogP contribution in [0, 0.1) is 12.8 Å². The van der Waals surface area contributed by atoms with Gasteiger partial charge in [-0.25, -0.2) is 0 Å². The molecular formula is C15H21NO2. The van der Waals surface area contributed by atoms with Gasteiger partial charge in [0.05, 0.1) is 0 Å². The normalized spacial score (nSPS) is 16.7. The molecule has 3 nitrogen and oxygen atoms in total. The zero-order chi connectivity index (χ0) is 13.0. The van der Waals surface area contributed by atoms with Gasteiger partial charge in [0.1, 0.15) is 5.75 Å². The van der Waals surface area contributed by atoms with Gasteiger partial charge in [0.15, 0.2) is 6.61 Å². The minimum atomic E-state index is 0.0995.